The van der Waals surface area contributed by atoms with E-state index in [-0.39, 0.29) is 49.9 Å². The van der Waals surface area contributed by atoms with Crippen LogP contribution in [0.5, 0.6) is 5.75 Å². The Morgan fingerprint density at radius 3 is 1.91 bits per heavy atom. The molecule has 0 spiro atoms. The summed E-state index contributed by atoms with van der Waals surface area (Å²) in [6.07, 6.45) is 1.98. The molecule has 0 fully saturated rings. The second-order valence-corrected chi connectivity index (χ2v) is 11.6. The molecule has 1 aromatic carbocycles. The largest absolute Gasteiger partial charge is 0.508 e. The summed E-state index contributed by atoms with van der Waals surface area (Å²) in [5, 5.41) is 29.4. The third-order valence-electron chi connectivity index (χ3n) is 6.96. The van der Waals surface area contributed by atoms with Crippen molar-refractivity contribution in [2.75, 3.05) is 13.1 Å². The van der Waals surface area contributed by atoms with Crippen molar-refractivity contribution in [3.05, 3.63) is 29.8 Å². The van der Waals surface area contributed by atoms with Gasteiger partial charge in [0.15, 0.2) is 5.96 Å². The third-order valence-corrected chi connectivity index (χ3v) is 6.96. The molecule has 258 valence electrons. The molecule has 0 saturated heterocycles. The highest BCUT2D eigenvalue weighted by atomic mass is 16.4. The summed E-state index contributed by atoms with van der Waals surface area (Å²) in [5.41, 5.74) is 22.9. The molecule has 5 atom stereocenters. The van der Waals surface area contributed by atoms with Crippen molar-refractivity contribution in [1.29, 1.82) is 0 Å². The number of rotatable bonds is 21. The van der Waals surface area contributed by atoms with Crippen LogP contribution in [0.3, 0.4) is 0 Å². The van der Waals surface area contributed by atoms with Gasteiger partial charge in [-0.25, -0.2) is 4.79 Å². The van der Waals surface area contributed by atoms with E-state index < -0.39 is 59.8 Å². The Morgan fingerprint density at radius 1 is 0.783 bits per heavy atom. The predicted molar refractivity (Wildman–Crippen MR) is 173 cm³/mol. The molecule has 0 aromatic heterocycles. The number of carbonyl (C=O) groups excluding carboxylic acids is 4. The monoisotopic (exact) mass is 649 g/mol. The van der Waals surface area contributed by atoms with Crippen LogP contribution in [-0.4, -0.2) is 89.1 Å². The molecule has 4 amide bonds. The maximum atomic E-state index is 13.6. The van der Waals surface area contributed by atoms with Gasteiger partial charge in [0.25, 0.3) is 0 Å². The zero-order valence-corrected chi connectivity index (χ0v) is 26.8. The molecule has 0 heterocycles. The molecule has 1 rings (SSSR count). The van der Waals surface area contributed by atoms with Crippen molar-refractivity contribution in [3.63, 3.8) is 0 Å². The van der Waals surface area contributed by atoms with Crippen molar-refractivity contribution in [2.24, 2.45) is 33.8 Å². The maximum Gasteiger partial charge on any atom is 0.326 e. The van der Waals surface area contributed by atoms with E-state index in [1.807, 2.05) is 13.8 Å². The van der Waals surface area contributed by atoms with Crippen LogP contribution in [0.2, 0.25) is 0 Å². The number of nitrogens with one attached hydrogen (secondary N) is 4. The number of hydrogen-bond acceptors (Lipinski definition) is 9. The lowest BCUT2D eigenvalue weighted by Crippen LogP contribution is -2.58. The van der Waals surface area contributed by atoms with Crippen molar-refractivity contribution >= 4 is 35.6 Å². The van der Waals surface area contributed by atoms with E-state index in [4.69, 9.17) is 22.9 Å². The number of hydrogen-bond donors (Lipinski definition) is 10. The van der Waals surface area contributed by atoms with Crippen molar-refractivity contribution in [2.45, 2.75) is 95.9 Å². The minimum atomic E-state index is -1.22. The summed E-state index contributed by atoms with van der Waals surface area (Å²) in [5.74, 6) is -3.91. The van der Waals surface area contributed by atoms with Gasteiger partial charge in [0.2, 0.25) is 23.6 Å². The Hall–Kier alpha value is -4.44. The van der Waals surface area contributed by atoms with E-state index in [1.165, 1.54) is 19.1 Å². The number of aliphatic carboxylic acids is 1. The average Bonchev–Trinajstić information content (AvgIpc) is 2.97. The summed E-state index contributed by atoms with van der Waals surface area (Å²) in [4.78, 5) is 68.2. The van der Waals surface area contributed by atoms with Crippen LogP contribution in [0.4, 0.5) is 0 Å². The van der Waals surface area contributed by atoms with Crippen LogP contribution < -0.4 is 44.2 Å². The lowest BCUT2D eigenvalue weighted by atomic mass is 10.0. The molecule has 0 radical (unpaired) electrons. The van der Waals surface area contributed by atoms with Crippen molar-refractivity contribution in [3.8, 4) is 5.75 Å². The van der Waals surface area contributed by atoms with Gasteiger partial charge in [0, 0.05) is 13.0 Å². The molecule has 0 unspecified atom stereocenters. The second kappa shape index (κ2) is 20.6. The number of guanidine groups is 1. The van der Waals surface area contributed by atoms with Crippen LogP contribution in [0.1, 0.15) is 64.9 Å². The Labute approximate surface area is 269 Å². The molecule has 46 heavy (non-hydrogen) atoms. The lowest BCUT2D eigenvalue weighted by Gasteiger charge is -2.26. The number of nitrogens with zero attached hydrogens (tertiary/aromatic N) is 1. The second-order valence-electron chi connectivity index (χ2n) is 11.6. The van der Waals surface area contributed by atoms with Crippen LogP contribution >= 0.6 is 0 Å². The Morgan fingerprint density at radius 2 is 1.35 bits per heavy atom. The molecule has 14 N–H and O–H groups in total. The molecule has 0 bridgehead atoms. The molecule has 0 aliphatic carbocycles. The highest BCUT2D eigenvalue weighted by molar-refractivity contribution is 5.95. The SMILES string of the molecule is CC(C)C[C@H](N)C(=O)N[C@@H](Cc1ccc(O)cc1)C(=O)N[C@@H](CCCN=C(N)N)C(=O)N[C@@H](C)C(=O)N[C@@H](CCCCN)C(=O)O. The molecule has 16 nitrogen and oxygen atoms in total. The van der Waals surface area contributed by atoms with E-state index in [9.17, 15) is 34.2 Å². The quantitative estimate of drug-likeness (QED) is 0.0417. The smallest absolute Gasteiger partial charge is 0.326 e. The summed E-state index contributed by atoms with van der Waals surface area (Å²) >= 11 is 0. The Kier molecular flexibility index (Phi) is 17.7. The van der Waals surface area contributed by atoms with Crippen LogP contribution in [-0.2, 0) is 30.4 Å². The van der Waals surface area contributed by atoms with E-state index in [0.29, 0.717) is 31.4 Å². The molecular weight excluding hydrogens is 598 g/mol. The minimum absolute atomic E-state index is 0.0219. The predicted octanol–water partition coefficient (Wildman–Crippen LogP) is -1.47. The summed E-state index contributed by atoms with van der Waals surface area (Å²) < 4.78 is 0. The topological polar surface area (TPSA) is 290 Å². The molecule has 16 heteroatoms. The van der Waals surface area contributed by atoms with Gasteiger partial charge in [0.05, 0.1) is 6.04 Å². The minimum Gasteiger partial charge on any atom is -0.508 e. The standard InChI is InChI=1S/C30H51N9O7/c1-17(2)15-21(32)26(42)39-24(16-19-9-11-20(40)12-10-19)28(44)37-22(8-6-14-35-30(33)34)27(43)36-18(3)25(41)38-23(29(45)46)7-4-5-13-31/h9-12,17-18,21-24,40H,4-8,13-16,31-32H2,1-3H3,(H,36,43)(H,37,44)(H,38,41)(H,39,42)(H,45,46)(H4,33,34,35)/t18-,21-,22-,23-,24-/m0/s1. The first-order valence-electron chi connectivity index (χ1n) is 15.4. The van der Waals surface area contributed by atoms with Gasteiger partial charge in [-0.1, -0.05) is 26.0 Å². The normalized spacial score (nSPS) is 14.2. The first-order valence-corrected chi connectivity index (χ1v) is 15.4. The zero-order valence-electron chi connectivity index (χ0n) is 26.8. The number of unbranched alkanes of at least 4 members (excludes halogenated alkanes) is 1. The fourth-order valence-electron chi connectivity index (χ4n) is 4.44. The third kappa shape index (κ3) is 15.5. The zero-order chi connectivity index (χ0) is 34.8. The number of aromatic hydroxyl groups is 1. The van der Waals surface area contributed by atoms with Gasteiger partial charge in [-0.15, -0.1) is 0 Å². The number of benzene rings is 1. The van der Waals surface area contributed by atoms with Crippen LogP contribution in [0, 0.1) is 5.92 Å². The summed E-state index contributed by atoms with van der Waals surface area (Å²) in [6, 6.07) is 0.549. The highest BCUT2D eigenvalue weighted by Crippen LogP contribution is 2.13. The van der Waals surface area contributed by atoms with Gasteiger partial charge >= 0.3 is 5.97 Å². The number of carboxylic acids is 1. The van der Waals surface area contributed by atoms with Crippen LogP contribution in [0.25, 0.3) is 0 Å². The summed E-state index contributed by atoms with van der Waals surface area (Å²) in [7, 11) is 0. The molecular formula is C30H51N9O7. The summed E-state index contributed by atoms with van der Waals surface area (Å²) in [6.45, 7) is 5.73. The lowest BCUT2D eigenvalue weighted by molar-refractivity contribution is -0.142. The van der Waals surface area contributed by atoms with Crippen molar-refractivity contribution < 1.29 is 34.2 Å². The molecule has 1 aromatic rings. The fraction of sp³-hybridized carbons (Fsp3) is 0.600. The van der Waals surface area contributed by atoms with Gasteiger partial charge in [-0.05, 0) is 75.6 Å². The first-order chi connectivity index (χ1) is 21.6. The Balaban J connectivity index is 3.15. The number of carboxylic acid groups (broad SMARTS) is 1. The molecule has 0 aliphatic rings. The maximum absolute atomic E-state index is 13.6. The van der Waals surface area contributed by atoms with E-state index in [1.54, 1.807) is 12.1 Å². The Bertz CT molecular complexity index is 1170. The number of amides is 4. The average molecular weight is 650 g/mol. The number of aliphatic imine (C=N–C) groups is 1. The van der Waals surface area contributed by atoms with Gasteiger partial charge < -0.3 is 54.4 Å². The van der Waals surface area contributed by atoms with Gasteiger partial charge in [-0.3, -0.25) is 24.2 Å². The van der Waals surface area contributed by atoms with E-state index in [2.05, 4.69) is 26.3 Å². The number of carbonyl (C=O) groups is 5. The number of phenols is 1. The fourth-order valence-corrected chi connectivity index (χ4v) is 4.44. The van der Waals surface area contributed by atoms with Gasteiger partial charge in [-0.2, -0.15) is 0 Å². The highest BCUT2D eigenvalue weighted by Gasteiger charge is 2.30. The van der Waals surface area contributed by atoms with Crippen molar-refractivity contribution in [1.82, 2.24) is 21.3 Å². The molecule has 0 saturated carbocycles. The number of nitrogens with two attached hydrogens (primary N) is 4. The first kappa shape index (κ1) is 39.6. The van der Waals surface area contributed by atoms with Crippen LogP contribution in [0.15, 0.2) is 29.3 Å². The van der Waals surface area contributed by atoms with E-state index in [0.717, 1.165) is 0 Å². The molecule has 0 aliphatic heterocycles. The number of phenolic OH excluding ortho intramolecular Hbond substituents is 1. The van der Waals surface area contributed by atoms with Gasteiger partial charge in [0.1, 0.15) is 29.9 Å². The van der Waals surface area contributed by atoms with E-state index >= 15 is 0 Å².